The maximum absolute atomic E-state index is 12.4. The van der Waals surface area contributed by atoms with Crippen molar-refractivity contribution in [3.05, 3.63) is 50.1 Å². The van der Waals surface area contributed by atoms with Gasteiger partial charge in [-0.05, 0) is 23.8 Å². The minimum absolute atomic E-state index is 0.00955. The molecule has 2 aromatic rings. The first-order valence-electron chi connectivity index (χ1n) is 5.75. The van der Waals surface area contributed by atoms with Crippen molar-refractivity contribution in [2.75, 3.05) is 7.05 Å². The van der Waals surface area contributed by atoms with E-state index in [2.05, 4.69) is 0 Å². The second-order valence-corrected chi connectivity index (χ2v) is 8.56. The summed E-state index contributed by atoms with van der Waals surface area (Å²) in [5.41, 5.74) is 1.30. The first-order chi connectivity index (χ1) is 9.84. The van der Waals surface area contributed by atoms with Gasteiger partial charge in [0.25, 0.3) is 0 Å². The summed E-state index contributed by atoms with van der Waals surface area (Å²) in [4.78, 5) is 0.00955. The maximum Gasteiger partial charge on any atom is 0.245 e. The molecule has 1 aromatic carbocycles. The molecule has 0 spiro atoms. The Morgan fingerprint density at radius 2 is 1.90 bits per heavy atom. The quantitative estimate of drug-likeness (QED) is 0.833. The molecular formula is C13H10Cl2N2O2S2. The van der Waals surface area contributed by atoms with Crippen molar-refractivity contribution in [3.63, 3.8) is 0 Å². The van der Waals surface area contributed by atoms with Crippen LogP contribution in [0.1, 0.15) is 11.1 Å². The third kappa shape index (κ3) is 3.57. The van der Waals surface area contributed by atoms with E-state index in [9.17, 15) is 8.42 Å². The molecule has 4 nitrogen and oxygen atoms in total. The molecule has 0 atom stereocenters. The smallest absolute Gasteiger partial charge is 0.207 e. The number of sulfonamides is 1. The highest BCUT2D eigenvalue weighted by molar-refractivity contribution is 7.89. The number of nitriles is 1. The molecule has 1 heterocycles. The number of thiophene rings is 1. The van der Waals surface area contributed by atoms with Gasteiger partial charge in [0.05, 0.1) is 16.0 Å². The highest BCUT2D eigenvalue weighted by Crippen LogP contribution is 2.35. The molecule has 0 fully saturated rings. The first kappa shape index (κ1) is 16.3. The van der Waals surface area contributed by atoms with Gasteiger partial charge in [-0.25, -0.2) is 8.42 Å². The second kappa shape index (κ2) is 6.34. The summed E-state index contributed by atoms with van der Waals surface area (Å²) in [5.74, 6) is 0. The van der Waals surface area contributed by atoms with Gasteiger partial charge in [-0.2, -0.15) is 9.57 Å². The lowest BCUT2D eigenvalue weighted by atomic mass is 10.1. The van der Waals surface area contributed by atoms with Gasteiger partial charge in [0.15, 0.2) is 0 Å². The van der Waals surface area contributed by atoms with Crippen LogP contribution < -0.4 is 0 Å². The molecule has 0 unspecified atom stereocenters. The zero-order valence-electron chi connectivity index (χ0n) is 10.9. The minimum atomic E-state index is -3.70. The first-order valence-corrected chi connectivity index (χ1v) is 8.76. The number of hydrogen-bond acceptors (Lipinski definition) is 4. The van der Waals surface area contributed by atoms with Crippen LogP contribution in [0.15, 0.2) is 35.2 Å². The van der Waals surface area contributed by atoms with Gasteiger partial charge in [-0.3, -0.25) is 0 Å². The van der Waals surface area contributed by atoms with E-state index in [0.29, 0.717) is 9.90 Å². The van der Waals surface area contributed by atoms with Crippen LogP contribution in [0.5, 0.6) is 0 Å². The number of rotatable bonds is 4. The van der Waals surface area contributed by atoms with Crippen LogP contribution in [0.2, 0.25) is 8.67 Å². The Labute approximate surface area is 137 Å². The molecule has 0 N–H and O–H groups in total. The summed E-state index contributed by atoms with van der Waals surface area (Å²) in [6, 6.07) is 10.1. The van der Waals surface area contributed by atoms with E-state index in [1.54, 1.807) is 24.3 Å². The molecule has 1 aromatic heterocycles. The summed E-state index contributed by atoms with van der Waals surface area (Å²) in [7, 11) is -2.23. The topological polar surface area (TPSA) is 61.2 Å². The lowest BCUT2D eigenvalue weighted by Crippen LogP contribution is -2.26. The summed E-state index contributed by atoms with van der Waals surface area (Å²) >= 11 is 12.7. The van der Waals surface area contributed by atoms with Crippen molar-refractivity contribution < 1.29 is 8.42 Å². The Bertz CT molecular complexity index is 793. The summed E-state index contributed by atoms with van der Waals surface area (Å²) < 4.78 is 26.5. The van der Waals surface area contributed by atoms with Gasteiger partial charge >= 0.3 is 0 Å². The minimum Gasteiger partial charge on any atom is -0.207 e. The van der Waals surface area contributed by atoms with Gasteiger partial charge in [0, 0.05) is 13.6 Å². The van der Waals surface area contributed by atoms with E-state index < -0.39 is 10.0 Å². The summed E-state index contributed by atoms with van der Waals surface area (Å²) in [5, 5.41) is 8.74. The lowest BCUT2D eigenvalue weighted by molar-refractivity contribution is 0.467. The second-order valence-electron chi connectivity index (χ2n) is 4.26. The third-order valence-corrected chi connectivity index (χ3v) is 6.36. The van der Waals surface area contributed by atoms with E-state index in [4.69, 9.17) is 28.5 Å². The molecule has 0 bridgehead atoms. The molecule has 0 radical (unpaired) electrons. The van der Waals surface area contributed by atoms with Gasteiger partial charge < -0.3 is 0 Å². The predicted molar refractivity (Wildman–Crippen MR) is 84.1 cm³/mol. The van der Waals surface area contributed by atoms with Crippen LogP contribution in [0.25, 0.3) is 0 Å². The normalized spacial score (nSPS) is 11.6. The van der Waals surface area contributed by atoms with Crippen molar-refractivity contribution >= 4 is 44.6 Å². The molecule has 110 valence electrons. The molecular weight excluding hydrogens is 351 g/mol. The van der Waals surface area contributed by atoms with Crippen LogP contribution in [0.4, 0.5) is 0 Å². The van der Waals surface area contributed by atoms with Gasteiger partial charge in [0.1, 0.15) is 9.23 Å². The molecule has 0 saturated carbocycles. The lowest BCUT2D eigenvalue weighted by Gasteiger charge is -2.16. The average Bonchev–Trinajstić information content (AvgIpc) is 2.79. The SMILES string of the molecule is CN(Cc1ccc(C#N)cc1)S(=O)(=O)c1cc(Cl)sc1Cl. The van der Waals surface area contributed by atoms with E-state index in [0.717, 1.165) is 16.9 Å². The Morgan fingerprint density at radius 3 is 2.38 bits per heavy atom. The van der Waals surface area contributed by atoms with Gasteiger partial charge in [-0.1, -0.05) is 35.3 Å². The Hall–Kier alpha value is -1.10. The fourth-order valence-corrected chi connectivity index (χ4v) is 4.96. The average molecular weight is 361 g/mol. The van der Waals surface area contributed by atoms with Crippen LogP contribution in [0.3, 0.4) is 0 Å². The van der Waals surface area contributed by atoms with Crippen LogP contribution >= 0.6 is 34.5 Å². The van der Waals surface area contributed by atoms with Crippen LogP contribution in [-0.2, 0) is 16.6 Å². The van der Waals surface area contributed by atoms with E-state index >= 15 is 0 Å². The molecule has 0 aliphatic rings. The van der Waals surface area contributed by atoms with Crippen molar-refractivity contribution in [3.8, 4) is 6.07 Å². The largest absolute Gasteiger partial charge is 0.245 e. The van der Waals surface area contributed by atoms with Crippen LogP contribution in [0, 0.1) is 11.3 Å². The summed E-state index contributed by atoms with van der Waals surface area (Å²) in [6.45, 7) is 0.178. The Morgan fingerprint density at radius 1 is 1.29 bits per heavy atom. The van der Waals surface area contributed by atoms with Gasteiger partial charge in [-0.15, -0.1) is 11.3 Å². The molecule has 2 rings (SSSR count). The van der Waals surface area contributed by atoms with Crippen molar-refractivity contribution in [2.24, 2.45) is 0 Å². The number of hydrogen-bond donors (Lipinski definition) is 0. The zero-order chi connectivity index (χ0) is 15.6. The maximum atomic E-state index is 12.4. The number of benzene rings is 1. The van der Waals surface area contributed by atoms with E-state index in [1.165, 1.54) is 17.4 Å². The van der Waals surface area contributed by atoms with E-state index in [-0.39, 0.29) is 15.8 Å². The van der Waals surface area contributed by atoms with Crippen LogP contribution in [-0.4, -0.2) is 19.8 Å². The standard InChI is InChI=1S/C13H10Cl2N2O2S2/c1-17(8-10-4-2-9(7-16)3-5-10)21(18,19)11-6-12(14)20-13(11)15/h2-6H,8H2,1H3. The zero-order valence-corrected chi connectivity index (χ0v) is 14.0. The fraction of sp³-hybridized carbons (Fsp3) is 0.154. The molecule has 0 aliphatic carbocycles. The number of nitrogens with zero attached hydrogens (tertiary/aromatic N) is 2. The Balaban J connectivity index is 2.24. The van der Waals surface area contributed by atoms with Crippen molar-refractivity contribution in [1.82, 2.24) is 4.31 Å². The molecule has 21 heavy (non-hydrogen) atoms. The van der Waals surface area contributed by atoms with Crippen molar-refractivity contribution in [1.29, 1.82) is 5.26 Å². The van der Waals surface area contributed by atoms with Gasteiger partial charge in [0.2, 0.25) is 10.0 Å². The highest BCUT2D eigenvalue weighted by Gasteiger charge is 2.25. The third-order valence-electron chi connectivity index (χ3n) is 2.80. The fourth-order valence-electron chi connectivity index (χ4n) is 1.70. The molecule has 0 aliphatic heterocycles. The van der Waals surface area contributed by atoms with E-state index in [1.807, 2.05) is 6.07 Å². The Kier molecular flexibility index (Phi) is 4.91. The van der Waals surface area contributed by atoms with Crippen molar-refractivity contribution in [2.45, 2.75) is 11.4 Å². The molecule has 0 amide bonds. The highest BCUT2D eigenvalue weighted by atomic mass is 35.5. The molecule has 0 saturated heterocycles. The predicted octanol–water partition coefficient (Wildman–Crippen LogP) is 3.75. The monoisotopic (exact) mass is 360 g/mol. The number of halogens is 2. The molecule has 8 heteroatoms. The summed E-state index contributed by atoms with van der Waals surface area (Å²) in [6.07, 6.45) is 0.